The third-order valence-electron chi connectivity index (χ3n) is 4.21. The minimum absolute atomic E-state index is 0.0247. The summed E-state index contributed by atoms with van der Waals surface area (Å²) in [6.07, 6.45) is 1.48. The quantitative estimate of drug-likeness (QED) is 0.625. The Labute approximate surface area is 160 Å². The molecule has 1 aromatic heterocycles. The summed E-state index contributed by atoms with van der Waals surface area (Å²) in [6, 6.07) is 10.6. The molecule has 0 atom stereocenters. The van der Waals surface area contributed by atoms with Gasteiger partial charge in [-0.05, 0) is 24.6 Å². The van der Waals surface area contributed by atoms with Gasteiger partial charge in [0.1, 0.15) is 0 Å². The van der Waals surface area contributed by atoms with Crippen LogP contribution >= 0.6 is 0 Å². The molecule has 0 aliphatic carbocycles. The molecule has 1 aromatic carbocycles. The largest absolute Gasteiger partial charge is 0.314 e. The maximum atomic E-state index is 12.6. The number of pyridine rings is 1. The van der Waals surface area contributed by atoms with Gasteiger partial charge in [-0.3, -0.25) is 4.79 Å². The van der Waals surface area contributed by atoms with Crippen LogP contribution in [0, 0.1) is 0 Å². The van der Waals surface area contributed by atoms with Crippen LogP contribution in [0.5, 0.6) is 0 Å². The van der Waals surface area contributed by atoms with Crippen LogP contribution in [-0.2, 0) is 26.4 Å². The van der Waals surface area contributed by atoms with E-state index in [1.165, 1.54) is 39.3 Å². The molecule has 27 heavy (non-hydrogen) atoms. The molecule has 7 nitrogen and oxygen atoms in total. The number of nitrogens with zero attached hydrogens (tertiary/aromatic N) is 2. The van der Waals surface area contributed by atoms with Gasteiger partial charge in [-0.15, -0.1) is 0 Å². The van der Waals surface area contributed by atoms with Crippen LogP contribution in [0.2, 0.25) is 0 Å². The van der Waals surface area contributed by atoms with Crippen LogP contribution in [0.1, 0.15) is 20.3 Å². The summed E-state index contributed by atoms with van der Waals surface area (Å²) in [7, 11) is -7.13. The van der Waals surface area contributed by atoms with Gasteiger partial charge < -0.3 is 4.57 Å². The molecule has 0 aliphatic rings. The van der Waals surface area contributed by atoms with E-state index >= 15 is 0 Å². The van der Waals surface area contributed by atoms with E-state index in [0.29, 0.717) is 13.1 Å². The van der Waals surface area contributed by atoms with Crippen LogP contribution in [-0.4, -0.2) is 44.6 Å². The van der Waals surface area contributed by atoms with Crippen molar-refractivity contribution >= 4 is 19.9 Å². The lowest BCUT2D eigenvalue weighted by Gasteiger charge is -2.19. The highest BCUT2D eigenvalue weighted by Crippen LogP contribution is 2.15. The second kappa shape index (κ2) is 8.81. The Balaban J connectivity index is 2.17. The van der Waals surface area contributed by atoms with Crippen LogP contribution in [0.25, 0.3) is 0 Å². The highest BCUT2D eigenvalue weighted by atomic mass is 32.2. The third-order valence-corrected chi connectivity index (χ3v) is 8.06. The molecule has 2 aromatic rings. The normalized spacial score (nSPS) is 12.4. The smallest absolute Gasteiger partial charge is 0.250 e. The van der Waals surface area contributed by atoms with Gasteiger partial charge in [-0.25, -0.2) is 16.8 Å². The molecule has 0 N–H and O–H groups in total. The number of hydrogen-bond donors (Lipinski definition) is 0. The number of aryl methyl sites for hydroxylation is 1. The Kier molecular flexibility index (Phi) is 6.96. The lowest BCUT2D eigenvalue weighted by atomic mass is 10.4. The summed E-state index contributed by atoms with van der Waals surface area (Å²) in [4.78, 5) is 12.3. The summed E-state index contributed by atoms with van der Waals surface area (Å²) in [5, 5.41) is 0. The fraction of sp³-hybridized carbons (Fsp3) is 0.389. The first-order valence-corrected chi connectivity index (χ1v) is 11.8. The molecule has 0 amide bonds. The molecule has 0 saturated carbocycles. The summed E-state index contributed by atoms with van der Waals surface area (Å²) in [5.74, 6) is -0.128. The predicted octanol–water partition coefficient (Wildman–Crippen LogP) is 1.74. The third kappa shape index (κ3) is 5.06. The lowest BCUT2D eigenvalue weighted by Crippen LogP contribution is -2.32. The summed E-state index contributed by atoms with van der Waals surface area (Å²) in [5.41, 5.74) is -0.370. The molecule has 0 saturated heterocycles. The molecular weight excluding hydrogens is 388 g/mol. The second-order valence-corrected chi connectivity index (χ2v) is 10.0. The van der Waals surface area contributed by atoms with Gasteiger partial charge in [0, 0.05) is 31.9 Å². The Bertz CT molecular complexity index is 1020. The summed E-state index contributed by atoms with van der Waals surface area (Å²) >= 11 is 0. The molecule has 0 bridgehead atoms. The maximum absolute atomic E-state index is 12.6. The van der Waals surface area contributed by atoms with Crippen molar-refractivity contribution < 1.29 is 16.8 Å². The van der Waals surface area contributed by atoms with Gasteiger partial charge in [0.15, 0.2) is 9.84 Å². The Morgan fingerprint density at radius 3 is 2.11 bits per heavy atom. The molecular formula is C18H24N2O5S2. The minimum Gasteiger partial charge on any atom is -0.314 e. The summed E-state index contributed by atoms with van der Waals surface area (Å²) in [6.45, 7) is 4.25. The zero-order chi connectivity index (χ0) is 20.1. The molecule has 1 heterocycles. The molecule has 0 radical (unpaired) electrons. The molecule has 148 valence electrons. The van der Waals surface area contributed by atoms with Gasteiger partial charge in [-0.1, -0.05) is 32.0 Å². The molecule has 0 spiro atoms. The zero-order valence-electron chi connectivity index (χ0n) is 15.4. The first-order valence-electron chi connectivity index (χ1n) is 8.71. The van der Waals surface area contributed by atoms with Crippen molar-refractivity contribution in [3.05, 3.63) is 59.0 Å². The predicted molar refractivity (Wildman–Crippen MR) is 104 cm³/mol. The van der Waals surface area contributed by atoms with E-state index in [-0.39, 0.29) is 34.1 Å². The lowest BCUT2D eigenvalue weighted by molar-refractivity contribution is 0.444. The first kappa shape index (κ1) is 21.3. The van der Waals surface area contributed by atoms with Gasteiger partial charge in [-0.2, -0.15) is 4.31 Å². The molecule has 9 heteroatoms. The van der Waals surface area contributed by atoms with E-state index < -0.39 is 19.9 Å². The molecule has 0 fully saturated rings. The number of sulfone groups is 1. The molecule has 0 unspecified atom stereocenters. The second-order valence-electron chi connectivity index (χ2n) is 5.97. The van der Waals surface area contributed by atoms with Crippen LogP contribution in [0.3, 0.4) is 0 Å². The standard InChI is InChI=1S/C18H24N2O5S2/c1-3-20(4-2)27(24,25)17-11-12-18(21)19(15-17)13-8-14-26(22,23)16-9-6-5-7-10-16/h5-7,9-12,15H,3-4,8,13-14H2,1-2H3. The van der Waals surface area contributed by atoms with Crippen molar-refractivity contribution in [1.29, 1.82) is 0 Å². The topological polar surface area (TPSA) is 93.5 Å². The van der Waals surface area contributed by atoms with E-state index in [0.717, 1.165) is 0 Å². The maximum Gasteiger partial charge on any atom is 0.250 e. The van der Waals surface area contributed by atoms with Gasteiger partial charge in [0.05, 0.1) is 15.5 Å². The van der Waals surface area contributed by atoms with Crippen LogP contribution < -0.4 is 5.56 Å². The van der Waals surface area contributed by atoms with Crippen molar-refractivity contribution in [3.63, 3.8) is 0 Å². The number of aromatic nitrogens is 1. The summed E-state index contributed by atoms with van der Waals surface area (Å²) < 4.78 is 52.4. The van der Waals surface area contributed by atoms with Crippen molar-refractivity contribution in [1.82, 2.24) is 8.87 Å². The Hall–Kier alpha value is -1.97. The first-order chi connectivity index (χ1) is 12.7. The zero-order valence-corrected chi connectivity index (χ0v) is 17.0. The van der Waals surface area contributed by atoms with E-state index in [1.54, 1.807) is 32.0 Å². The van der Waals surface area contributed by atoms with Gasteiger partial charge >= 0.3 is 0 Å². The van der Waals surface area contributed by atoms with Gasteiger partial charge in [0.25, 0.3) is 5.56 Å². The van der Waals surface area contributed by atoms with Gasteiger partial charge in [0.2, 0.25) is 10.0 Å². The fourth-order valence-electron chi connectivity index (χ4n) is 2.72. The van der Waals surface area contributed by atoms with Crippen molar-refractivity contribution in [2.24, 2.45) is 0 Å². The van der Waals surface area contributed by atoms with E-state index in [2.05, 4.69) is 0 Å². The van der Waals surface area contributed by atoms with Crippen molar-refractivity contribution in [2.45, 2.75) is 36.6 Å². The minimum atomic E-state index is -3.68. The average molecular weight is 413 g/mol. The SMILES string of the molecule is CCN(CC)S(=O)(=O)c1ccc(=O)n(CCCS(=O)(=O)c2ccccc2)c1. The van der Waals surface area contributed by atoms with Crippen molar-refractivity contribution in [2.75, 3.05) is 18.8 Å². The van der Waals surface area contributed by atoms with E-state index in [1.807, 2.05) is 0 Å². The Morgan fingerprint density at radius 1 is 0.889 bits per heavy atom. The van der Waals surface area contributed by atoms with Crippen LogP contribution in [0.4, 0.5) is 0 Å². The van der Waals surface area contributed by atoms with Crippen molar-refractivity contribution in [3.8, 4) is 0 Å². The number of benzene rings is 1. The number of rotatable bonds is 9. The number of sulfonamides is 1. The molecule has 2 rings (SSSR count). The molecule has 0 aliphatic heterocycles. The highest BCUT2D eigenvalue weighted by Gasteiger charge is 2.22. The van der Waals surface area contributed by atoms with E-state index in [4.69, 9.17) is 0 Å². The highest BCUT2D eigenvalue weighted by molar-refractivity contribution is 7.91. The number of hydrogen-bond acceptors (Lipinski definition) is 5. The monoisotopic (exact) mass is 412 g/mol. The Morgan fingerprint density at radius 2 is 1.52 bits per heavy atom. The van der Waals surface area contributed by atoms with Crippen LogP contribution in [0.15, 0.2) is 63.2 Å². The van der Waals surface area contributed by atoms with E-state index in [9.17, 15) is 21.6 Å². The fourth-order valence-corrected chi connectivity index (χ4v) is 5.52. The average Bonchev–Trinajstić information content (AvgIpc) is 2.64.